The Balaban J connectivity index is 2.19. The standard InChI is InChI=1S/C11H13Br2N/c1-6(14)10-5-11(10)7-2-8(12)4-9(13)3-7/h2-4,6,10-11H,5,14H2,1H3. The maximum atomic E-state index is 5.88. The van der Waals surface area contributed by atoms with Gasteiger partial charge in [0.15, 0.2) is 0 Å². The highest BCUT2D eigenvalue weighted by atomic mass is 79.9. The summed E-state index contributed by atoms with van der Waals surface area (Å²) in [5, 5.41) is 0. The second-order valence-electron chi connectivity index (χ2n) is 4.07. The molecule has 0 aromatic heterocycles. The zero-order valence-electron chi connectivity index (χ0n) is 8.00. The van der Waals surface area contributed by atoms with Crippen molar-refractivity contribution in [2.45, 2.75) is 25.3 Å². The molecule has 3 atom stereocenters. The predicted molar refractivity (Wildman–Crippen MR) is 66.3 cm³/mol. The van der Waals surface area contributed by atoms with Crippen molar-refractivity contribution in [3.8, 4) is 0 Å². The van der Waals surface area contributed by atoms with E-state index in [1.807, 2.05) is 0 Å². The number of hydrogen-bond donors (Lipinski definition) is 1. The van der Waals surface area contributed by atoms with E-state index in [9.17, 15) is 0 Å². The quantitative estimate of drug-likeness (QED) is 0.884. The third kappa shape index (κ3) is 2.20. The maximum Gasteiger partial charge on any atom is 0.0189 e. The molecule has 3 unspecified atom stereocenters. The molecule has 1 saturated carbocycles. The second kappa shape index (κ2) is 3.95. The van der Waals surface area contributed by atoms with Crippen LogP contribution in [-0.2, 0) is 0 Å². The van der Waals surface area contributed by atoms with Gasteiger partial charge in [0.2, 0.25) is 0 Å². The summed E-state index contributed by atoms with van der Waals surface area (Å²) in [5.74, 6) is 1.35. The Morgan fingerprint density at radius 1 is 1.29 bits per heavy atom. The molecule has 76 valence electrons. The van der Waals surface area contributed by atoms with E-state index < -0.39 is 0 Å². The molecule has 2 rings (SSSR count). The average molecular weight is 319 g/mol. The Morgan fingerprint density at radius 2 is 1.86 bits per heavy atom. The number of rotatable bonds is 2. The molecular weight excluding hydrogens is 306 g/mol. The highest BCUT2D eigenvalue weighted by Gasteiger charge is 2.40. The van der Waals surface area contributed by atoms with E-state index in [0.717, 1.165) is 8.95 Å². The van der Waals surface area contributed by atoms with E-state index in [4.69, 9.17) is 5.73 Å². The largest absolute Gasteiger partial charge is 0.328 e. The summed E-state index contributed by atoms with van der Waals surface area (Å²) in [6.07, 6.45) is 1.24. The maximum absolute atomic E-state index is 5.88. The number of halogens is 2. The number of nitrogens with two attached hydrogens (primary N) is 1. The molecule has 1 aliphatic carbocycles. The van der Waals surface area contributed by atoms with Crippen LogP contribution in [0.15, 0.2) is 27.1 Å². The molecule has 1 aliphatic rings. The summed E-state index contributed by atoms with van der Waals surface area (Å²) in [7, 11) is 0. The number of benzene rings is 1. The van der Waals surface area contributed by atoms with E-state index in [0.29, 0.717) is 17.9 Å². The van der Waals surface area contributed by atoms with Gasteiger partial charge in [0, 0.05) is 15.0 Å². The average Bonchev–Trinajstić information content (AvgIpc) is 2.79. The fraction of sp³-hybridized carbons (Fsp3) is 0.455. The van der Waals surface area contributed by atoms with Crippen LogP contribution in [0.25, 0.3) is 0 Å². The summed E-state index contributed by atoms with van der Waals surface area (Å²) in [4.78, 5) is 0. The number of hydrogen-bond acceptors (Lipinski definition) is 1. The smallest absolute Gasteiger partial charge is 0.0189 e. The van der Waals surface area contributed by atoms with Crippen LogP contribution in [0.4, 0.5) is 0 Å². The molecule has 0 saturated heterocycles. The Morgan fingerprint density at radius 3 is 2.29 bits per heavy atom. The first-order chi connectivity index (χ1) is 6.58. The minimum absolute atomic E-state index is 0.317. The lowest BCUT2D eigenvalue weighted by Gasteiger charge is -2.05. The van der Waals surface area contributed by atoms with Gasteiger partial charge in [-0.2, -0.15) is 0 Å². The van der Waals surface area contributed by atoms with Crippen LogP contribution in [0, 0.1) is 5.92 Å². The van der Waals surface area contributed by atoms with E-state index in [1.54, 1.807) is 0 Å². The first kappa shape index (κ1) is 10.7. The van der Waals surface area contributed by atoms with Crippen molar-refractivity contribution in [1.82, 2.24) is 0 Å². The topological polar surface area (TPSA) is 26.0 Å². The van der Waals surface area contributed by atoms with E-state index >= 15 is 0 Å². The van der Waals surface area contributed by atoms with Crippen LogP contribution in [0.5, 0.6) is 0 Å². The van der Waals surface area contributed by atoms with Gasteiger partial charge in [-0.1, -0.05) is 31.9 Å². The molecule has 1 aromatic carbocycles. The zero-order valence-corrected chi connectivity index (χ0v) is 11.2. The molecule has 0 heterocycles. The van der Waals surface area contributed by atoms with E-state index in [-0.39, 0.29) is 0 Å². The van der Waals surface area contributed by atoms with Crippen LogP contribution >= 0.6 is 31.9 Å². The Labute approximate surface area is 101 Å². The van der Waals surface area contributed by atoms with Crippen molar-refractivity contribution in [3.05, 3.63) is 32.7 Å². The van der Waals surface area contributed by atoms with Gasteiger partial charge >= 0.3 is 0 Å². The van der Waals surface area contributed by atoms with Crippen molar-refractivity contribution < 1.29 is 0 Å². The Bertz CT molecular complexity index is 329. The van der Waals surface area contributed by atoms with Crippen LogP contribution in [-0.4, -0.2) is 6.04 Å². The van der Waals surface area contributed by atoms with Crippen molar-refractivity contribution >= 4 is 31.9 Å². The molecule has 0 spiro atoms. The van der Waals surface area contributed by atoms with Gasteiger partial charge in [0.25, 0.3) is 0 Å². The third-order valence-corrected chi connectivity index (χ3v) is 3.74. The van der Waals surface area contributed by atoms with Gasteiger partial charge in [-0.15, -0.1) is 0 Å². The predicted octanol–water partition coefficient (Wildman–Crippen LogP) is 3.66. The van der Waals surface area contributed by atoms with Gasteiger partial charge < -0.3 is 5.73 Å². The molecule has 1 aromatic rings. The van der Waals surface area contributed by atoms with E-state index in [2.05, 4.69) is 57.0 Å². The van der Waals surface area contributed by atoms with Crippen LogP contribution in [0.3, 0.4) is 0 Å². The molecule has 1 nitrogen and oxygen atoms in total. The molecule has 14 heavy (non-hydrogen) atoms. The first-order valence-electron chi connectivity index (χ1n) is 4.79. The fourth-order valence-corrected chi connectivity index (χ4v) is 3.30. The Kier molecular flexibility index (Phi) is 3.01. The molecule has 2 N–H and O–H groups in total. The highest BCUT2D eigenvalue weighted by Crippen LogP contribution is 2.49. The minimum Gasteiger partial charge on any atom is -0.328 e. The van der Waals surface area contributed by atoms with Crippen LogP contribution in [0.2, 0.25) is 0 Å². The van der Waals surface area contributed by atoms with Crippen LogP contribution < -0.4 is 5.73 Å². The zero-order chi connectivity index (χ0) is 10.3. The van der Waals surface area contributed by atoms with Gasteiger partial charge in [-0.3, -0.25) is 0 Å². The molecular formula is C11H13Br2N. The fourth-order valence-electron chi connectivity index (χ4n) is 1.97. The summed E-state index contributed by atoms with van der Waals surface area (Å²) in [6, 6.07) is 6.76. The van der Waals surface area contributed by atoms with Crippen LogP contribution in [0.1, 0.15) is 24.8 Å². The minimum atomic E-state index is 0.317. The molecule has 0 amide bonds. The van der Waals surface area contributed by atoms with Gasteiger partial charge in [0.1, 0.15) is 0 Å². The molecule has 1 fully saturated rings. The monoisotopic (exact) mass is 317 g/mol. The normalized spacial score (nSPS) is 27.4. The summed E-state index contributed by atoms with van der Waals surface area (Å²) in [5.41, 5.74) is 7.27. The van der Waals surface area contributed by atoms with Gasteiger partial charge in [-0.05, 0) is 48.9 Å². The molecule has 0 aliphatic heterocycles. The highest BCUT2D eigenvalue weighted by molar-refractivity contribution is 9.11. The van der Waals surface area contributed by atoms with Gasteiger partial charge in [-0.25, -0.2) is 0 Å². The Hall–Kier alpha value is 0.140. The van der Waals surface area contributed by atoms with Crippen molar-refractivity contribution in [2.24, 2.45) is 11.7 Å². The molecule has 0 bridgehead atoms. The lowest BCUT2D eigenvalue weighted by molar-refractivity contribution is 0.631. The lowest BCUT2D eigenvalue weighted by atomic mass is 10.1. The first-order valence-corrected chi connectivity index (χ1v) is 6.38. The van der Waals surface area contributed by atoms with Crippen molar-refractivity contribution in [2.75, 3.05) is 0 Å². The van der Waals surface area contributed by atoms with Gasteiger partial charge in [0.05, 0.1) is 0 Å². The lowest BCUT2D eigenvalue weighted by Crippen LogP contribution is -2.17. The van der Waals surface area contributed by atoms with E-state index in [1.165, 1.54) is 12.0 Å². The third-order valence-electron chi connectivity index (χ3n) is 2.83. The van der Waals surface area contributed by atoms with Crippen molar-refractivity contribution in [1.29, 1.82) is 0 Å². The SMILES string of the molecule is CC(N)C1CC1c1cc(Br)cc(Br)c1. The molecule has 0 radical (unpaired) electrons. The van der Waals surface area contributed by atoms with Crippen molar-refractivity contribution in [3.63, 3.8) is 0 Å². The molecule has 3 heteroatoms. The second-order valence-corrected chi connectivity index (χ2v) is 5.90. The summed E-state index contributed by atoms with van der Waals surface area (Å²) >= 11 is 7.01. The summed E-state index contributed by atoms with van der Waals surface area (Å²) in [6.45, 7) is 2.09. The summed E-state index contributed by atoms with van der Waals surface area (Å²) < 4.78 is 2.27.